The maximum atomic E-state index is 12.3. The smallest absolute Gasteiger partial charge is 0.387 e. The molecule has 0 heterocycles. The molecular weight excluding hydrogens is 308 g/mol. The van der Waals surface area contributed by atoms with Crippen molar-refractivity contribution in [1.29, 1.82) is 0 Å². The normalized spacial score (nSPS) is 12.3. The highest BCUT2D eigenvalue weighted by Gasteiger charge is 2.30. The van der Waals surface area contributed by atoms with Crippen LogP contribution in [-0.2, 0) is 9.59 Å². The molecule has 1 aromatic carbocycles. The van der Waals surface area contributed by atoms with Gasteiger partial charge in [0.2, 0.25) is 5.91 Å². The standard InChI is InChI=1S/C13H14ClF2NO4/c1-6(2)9(12(19)20)11(18)17-8-5-3-4-7(14)10(8)21-13(15)16/h3-6,9,13H,1-2H3,(H,17,18)(H,19,20). The molecule has 21 heavy (non-hydrogen) atoms. The molecule has 0 saturated carbocycles. The molecule has 0 fully saturated rings. The second-order valence-corrected chi connectivity index (χ2v) is 4.95. The molecule has 1 aromatic rings. The van der Waals surface area contributed by atoms with Crippen molar-refractivity contribution < 1.29 is 28.2 Å². The van der Waals surface area contributed by atoms with Crippen LogP contribution in [0.4, 0.5) is 14.5 Å². The molecule has 5 nitrogen and oxygen atoms in total. The number of carbonyl (C=O) groups excluding carboxylic acids is 1. The first-order valence-corrected chi connectivity index (χ1v) is 6.38. The summed E-state index contributed by atoms with van der Waals surface area (Å²) in [6.07, 6.45) is 0. The summed E-state index contributed by atoms with van der Waals surface area (Å²) in [5, 5.41) is 11.2. The molecule has 1 rings (SSSR count). The Morgan fingerprint density at radius 1 is 1.33 bits per heavy atom. The Balaban J connectivity index is 3.04. The van der Waals surface area contributed by atoms with E-state index in [1.54, 1.807) is 13.8 Å². The zero-order valence-corrected chi connectivity index (χ0v) is 12.0. The average Bonchev–Trinajstić information content (AvgIpc) is 2.32. The summed E-state index contributed by atoms with van der Waals surface area (Å²) in [6, 6.07) is 4.02. The highest BCUT2D eigenvalue weighted by Crippen LogP contribution is 2.34. The van der Waals surface area contributed by atoms with Crippen LogP contribution in [0.25, 0.3) is 0 Å². The van der Waals surface area contributed by atoms with Gasteiger partial charge < -0.3 is 15.2 Å². The maximum absolute atomic E-state index is 12.3. The molecule has 0 spiro atoms. The molecule has 1 amide bonds. The molecule has 0 radical (unpaired) electrons. The largest absolute Gasteiger partial charge is 0.481 e. The number of anilines is 1. The van der Waals surface area contributed by atoms with Crippen LogP contribution in [-0.4, -0.2) is 23.6 Å². The van der Waals surface area contributed by atoms with Gasteiger partial charge in [0.1, 0.15) is 5.92 Å². The first-order valence-electron chi connectivity index (χ1n) is 6.01. The van der Waals surface area contributed by atoms with Gasteiger partial charge in [-0.3, -0.25) is 9.59 Å². The van der Waals surface area contributed by atoms with Crippen LogP contribution in [0, 0.1) is 11.8 Å². The lowest BCUT2D eigenvalue weighted by Gasteiger charge is -2.18. The fraction of sp³-hybridized carbons (Fsp3) is 0.385. The van der Waals surface area contributed by atoms with Gasteiger partial charge in [-0.1, -0.05) is 31.5 Å². The molecule has 1 unspecified atom stereocenters. The zero-order chi connectivity index (χ0) is 16.2. The molecule has 0 aliphatic rings. The number of amides is 1. The minimum absolute atomic E-state index is 0.111. The van der Waals surface area contributed by atoms with Crippen LogP contribution in [0.3, 0.4) is 0 Å². The Hall–Kier alpha value is -1.89. The predicted octanol–water partition coefficient (Wildman–Crippen LogP) is 3.24. The summed E-state index contributed by atoms with van der Waals surface area (Å²) in [4.78, 5) is 23.0. The minimum atomic E-state index is -3.12. The SMILES string of the molecule is CC(C)C(C(=O)O)C(=O)Nc1cccc(Cl)c1OC(F)F. The van der Waals surface area contributed by atoms with Crippen molar-refractivity contribution in [3.05, 3.63) is 23.2 Å². The van der Waals surface area contributed by atoms with Crippen molar-refractivity contribution in [2.75, 3.05) is 5.32 Å². The number of hydrogen-bond donors (Lipinski definition) is 2. The fourth-order valence-electron chi connectivity index (χ4n) is 1.73. The van der Waals surface area contributed by atoms with E-state index in [0.717, 1.165) is 0 Å². The molecule has 0 aromatic heterocycles. The molecule has 1 atom stereocenters. The first-order chi connectivity index (χ1) is 9.73. The number of carbonyl (C=O) groups is 2. The zero-order valence-electron chi connectivity index (χ0n) is 11.3. The van der Waals surface area contributed by atoms with E-state index in [1.165, 1.54) is 18.2 Å². The van der Waals surface area contributed by atoms with Crippen molar-refractivity contribution in [3.63, 3.8) is 0 Å². The van der Waals surface area contributed by atoms with Crippen molar-refractivity contribution in [2.24, 2.45) is 11.8 Å². The summed E-state index contributed by atoms with van der Waals surface area (Å²) in [7, 11) is 0. The molecule has 0 bridgehead atoms. The van der Waals surface area contributed by atoms with Gasteiger partial charge in [-0.25, -0.2) is 0 Å². The first kappa shape index (κ1) is 17.2. The summed E-state index contributed by atoms with van der Waals surface area (Å²) in [5.41, 5.74) is -0.111. The Morgan fingerprint density at radius 3 is 2.43 bits per heavy atom. The topological polar surface area (TPSA) is 75.6 Å². The third kappa shape index (κ3) is 4.56. The predicted molar refractivity (Wildman–Crippen MR) is 72.7 cm³/mol. The summed E-state index contributed by atoms with van der Waals surface area (Å²) >= 11 is 5.74. The molecule has 0 aliphatic heterocycles. The summed E-state index contributed by atoms with van der Waals surface area (Å²) in [6.45, 7) is 0.000668. The highest BCUT2D eigenvalue weighted by molar-refractivity contribution is 6.32. The van der Waals surface area contributed by atoms with Crippen LogP contribution < -0.4 is 10.1 Å². The second kappa shape index (κ2) is 7.21. The van der Waals surface area contributed by atoms with Gasteiger partial charge in [-0.05, 0) is 18.1 Å². The number of benzene rings is 1. The lowest BCUT2D eigenvalue weighted by molar-refractivity contribution is -0.147. The summed E-state index contributed by atoms with van der Waals surface area (Å²) in [5.74, 6) is -4.33. The van der Waals surface area contributed by atoms with E-state index in [4.69, 9.17) is 16.7 Å². The molecule has 0 aliphatic carbocycles. The number of rotatable bonds is 6. The maximum Gasteiger partial charge on any atom is 0.387 e. The number of ether oxygens (including phenoxy) is 1. The average molecular weight is 322 g/mol. The van der Waals surface area contributed by atoms with Crippen molar-refractivity contribution in [3.8, 4) is 5.75 Å². The van der Waals surface area contributed by atoms with Gasteiger partial charge in [-0.2, -0.15) is 8.78 Å². The number of carboxylic acid groups (broad SMARTS) is 1. The van der Waals surface area contributed by atoms with Crippen LogP contribution in [0.1, 0.15) is 13.8 Å². The molecular formula is C13H14ClF2NO4. The van der Waals surface area contributed by atoms with Crippen LogP contribution in [0.2, 0.25) is 5.02 Å². The van der Waals surface area contributed by atoms with Gasteiger partial charge in [0.05, 0.1) is 10.7 Å². The van der Waals surface area contributed by atoms with Gasteiger partial charge >= 0.3 is 12.6 Å². The van der Waals surface area contributed by atoms with Crippen molar-refractivity contribution >= 4 is 29.2 Å². The Labute approximate surface area is 124 Å². The van der Waals surface area contributed by atoms with E-state index >= 15 is 0 Å². The van der Waals surface area contributed by atoms with Gasteiger partial charge in [0, 0.05) is 0 Å². The van der Waals surface area contributed by atoms with E-state index < -0.39 is 36.1 Å². The fourth-order valence-corrected chi connectivity index (χ4v) is 1.95. The van der Waals surface area contributed by atoms with E-state index in [0.29, 0.717) is 0 Å². The minimum Gasteiger partial charge on any atom is -0.481 e. The van der Waals surface area contributed by atoms with Gasteiger partial charge in [0.15, 0.2) is 5.75 Å². The van der Waals surface area contributed by atoms with E-state index in [-0.39, 0.29) is 10.7 Å². The number of para-hydroxylation sites is 1. The van der Waals surface area contributed by atoms with Crippen LogP contribution >= 0.6 is 11.6 Å². The molecule has 8 heteroatoms. The number of carboxylic acids is 1. The van der Waals surface area contributed by atoms with E-state index in [2.05, 4.69) is 10.1 Å². The number of alkyl halides is 2. The lowest BCUT2D eigenvalue weighted by atomic mass is 9.95. The highest BCUT2D eigenvalue weighted by atomic mass is 35.5. The summed E-state index contributed by atoms with van der Waals surface area (Å²) < 4.78 is 28.9. The third-order valence-electron chi connectivity index (χ3n) is 2.65. The van der Waals surface area contributed by atoms with Gasteiger partial charge in [-0.15, -0.1) is 0 Å². The quantitative estimate of drug-likeness (QED) is 0.789. The monoisotopic (exact) mass is 321 g/mol. The Kier molecular flexibility index (Phi) is 5.90. The number of aliphatic carboxylic acids is 1. The third-order valence-corrected chi connectivity index (χ3v) is 2.94. The van der Waals surface area contributed by atoms with Crippen LogP contribution in [0.5, 0.6) is 5.75 Å². The van der Waals surface area contributed by atoms with Crippen LogP contribution in [0.15, 0.2) is 18.2 Å². The molecule has 0 saturated heterocycles. The lowest BCUT2D eigenvalue weighted by Crippen LogP contribution is -2.33. The number of halogens is 3. The van der Waals surface area contributed by atoms with Gasteiger partial charge in [0.25, 0.3) is 0 Å². The van der Waals surface area contributed by atoms with Crippen molar-refractivity contribution in [2.45, 2.75) is 20.5 Å². The van der Waals surface area contributed by atoms with E-state index in [9.17, 15) is 18.4 Å². The Bertz CT molecular complexity index is 537. The number of nitrogens with one attached hydrogen (secondary N) is 1. The molecule has 2 N–H and O–H groups in total. The van der Waals surface area contributed by atoms with E-state index in [1.807, 2.05) is 0 Å². The molecule has 116 valence electrons. The van der Waals surface area contributed by atoms with Crippen molar-refractivity contribution in [1.82, 2.24) is 0 Å². The second-order valence-electron chi connectivity index (χ2n) is 4.54. The Morgan fingerprint density at radius 2 is 1.95 bits per heavy atom. The number of hydrogen-bond acceptors (Lipinski definition) is 3.